The molecular weight excluding hydrogens is 244 g/mol. The molecule has 0 saturated carbocycles. The molecule has 2 nitrogen and oxygen atoms in total. The number of pyridine rings is 1. The van der Waals surface area contributed by atoms with Crippen LogP contribution in [0.1, 0.15) is 16.8 Å². The van der Waals surface area contributed by atoms with E-state index in [2.05, 4.69) is 65.8 Å². The van der Waals surface area contributed by atoms with Crippen LogP contribution in [-0.2, 0) is 6.54 Å². The molecule has 0 aliphatic heterocycles. The number of aromatic nitrogens is 1. The zero-order valence-corrected chi connectivity index (χ0v) is 11.9. The summed E-state index contributed by atoms with van der Waals surface area (Å²) < 4.78 is 0. The summed E-state index contributed by atoms with van der Waals surface area (Å²) in [6, 6.07) is 18.8. The number of hydrogen-bond donors (Lipinski definition) is 1. The van der Waals surface area contributed by atoms with Crippen LogP contribution in [0, 0.1) is 13.8 Å². The van der Waals surface area contributed by atoms with Crippen molar-refractivity contribution in [2.24, 2.45) is 0 Å². The standard InChI is InChI=1S/C18H18N2/c1-13-7-3-4-8-15(13)12-19-18-11-14(2)20-17-10-6-5-9-16(17)18/h3-11H,12H2,1-2H3,(H,19,20). The summed E-state index contributed by atoms with van der Waals surface area (Å²) in [5.74, 6) is 0. The maximum Gasteiger partial charge on any atom is 0.0725 e. The number of anilines is 1. The molecule has 100 valence electrons. The van der Waals surface area contributed by atoms with Gasteiger partial charge in [0.2, 0.25) is 0 Å². The summed E-state index contributed by atoms with van der Waals surface area (Å²) in [5.41, 5.74) is 5.87. The molecule has 0 radical (unpaired) electrons. The fourth-order valence-corrected chi connectivity index (χ4v) is 2.45. The Morgan fingerprint density at radius 2 is 1.70 bits per heavy atom. The summed E-state index contributed by atoms with van der Waals surface area (Å²) in [4.78, 5) is 4.57. The molecule has 1 N–H and O–H groups in total. The number of nitrogens with zero attached hydrogens (tertiary/aromatic N) is 1. The lowest BCUT2D eigenvalue weighted by Gasteiger charge is -2.12. The Kier molecular flexibility index (Phi) is 3.38. The van der Waals surface area contributed by atoms with Crippen molar-refractivity contribution in [1.82, 2.24) is 4.98 Å². The van der Waals surface area contributed by atoms with Crippen LogP contribution in [0.3, 0.4) is 0 Å². The molecule has 1 aromatic heterocycles. The zero-order valence-electron chi connectivity index (χ0n) is 11.9. The predicted octanol–water partition coefficient (Wildman–Crippen LogP) is 4.46. The lowest BCUT2D eigenvalue weighted by atomic mass is 10.1. The highest BCUT2D eigenvalue weighted by Crippen LogP contribution is 2.23. The fraction of sp³-hybridized carbons (Fsp3) is 0.167. The van der Waals surface area contributed by atoms with Crippen molar-refractivity contribution >= 4 is 16.6 Å². The molecule has 3 rings (SSSR count). The van der Waals surface area contributed by atoms with Crippen LogP contribution in [0.15, 0.2) is 54.6 Å². The Morgan fingerprint density at radius 1 is 0.950 bits per heavy atom. The molecule has 1 heterocycles. The molecule has 3 aromatic rings. The SMILES string of the molecule is Cc1cc(NCc2ccccc2C)c2ccccc2n1. The van der Waals surface area contributed by atoms with E-state index in [1.54, 1.807) is 0 Å². The average Bonchev–Trinajstić information content (AvgIpc) is 2.46. The predicted molar refractivity (Wildman–Crippen MR) is 85.0 cm³/mol. The van der Waals surface area contributed by atoms with E-state index in [1.165, 1.54) is 16.5 Å². The molecule has 2 heteroatoms. The molecular formula is C18H18N2. The minimum Gasteiger partial charge on any atom is -0.380 e. The van der Waals surface area contributed by atoms with E-state index in [9.17, 15) is 0 Å². The number of benzene rings is 2. The van der Waals surface area contributed by atoms with Crippen LogP contribution >= 0.6 is 0 Å². The van der Waals surface area contributed by atoms with Crippen LogP contribution in [0.2, 0.25) is 0 Å². The molecule has 0 spiro atoms. The highest BCUT2D eigenvalue weighted by atomic mass is 14.9. The first-order valence-corrected chi connectivity index (χ1v) is 6.89. The minimum atomic E-state index is 0.833. The number of hydrogen-bond acceptors (Lipinski definition) is 2. The van der Waals surface area contributed by atoms with Gasteiger partial charge in [-0.1, -0.05) is 42.5 Å². The van der Waals surface area contributed by atoms with Crippen LogP contribution in [0.25, 0.3) is 10.9 Å². The Balaban J connectivity index is 1.93. The maximum atomic E-state index is 4.57. The summed E-state index contributed by atoms with van der Waals surface area (Å²) in [7, 11) is 0. The molecule has 0 fully saturated rings. The average molecular weight is 262 g/mol. The molecule has 2 aromatic carbocycles. The van der Waals surface area contributed by atoms with Crippen LogP contribution in [0.5, 0.6) is 0 Å². The zero-order chi connectivity index (χ0) is 13.9. The van der Waals surface area contributed by atoms with Crippen molar-refractivity contribution in [3.8, 4) is 0 Å². The molecule has 0 atom stereocenters. The summed E-state index contributed by atoms with van der Waals surface area (Å²) in [6.07, 6.45) is 0. The van der Waals surface area contributed by atoms with E-state index in [-0.39, 0.29) is 0 Å². The second-order valence-corrected chi connectivity index (χ2v) is 5.11. The summed E-state index contributed by atoms with van der Waals surface area (Å²) in [5, 5.41) is 4.72. The molecule has 0 unspecified atom stereocenters. The topological polar surface area (TPSA) is 24.9 Å². The highest BCUT2D eigenvalue weighted by Gasteiger charge is 2.04. The van der Waals surface area contributed by atoms with Gasteiger partial charge in [-0.3, -0.25) is 4.98 Å². The van der Waals surface area contributed by atoms with Crippen molar-refractivity contribution in [1.29, 1.82) is 0 Å². The first-order chi connectivity index (χ1) is 9.74. The Labute approximate surface area is 119 Å². The number of nitrogens with one attached hydrogen (secondary N) is 1. The first-order valence-electron chi connectivity index (χ1n) is 6.89. The van der Waals surface area contributed by atoms with Crippen LogP contribution in [-0.4, -0.2) is 4.98 Å². The molecule has 0 aliphatic carbocycles. The van der Waals surface area contributed by atoms with Gasteiger partial charge in [0, 0.05) is 23.3 Å². The van der Waals surface area contributed by atoms with Gasteiger partial charge < -0.3 is 5.32 Å². The Bertz CT molecular complexity index is 747. The van der Waals surface area contributed by atoms with Gasteiger partial charge in [-0.15, -0.1) is 0 Å². The monoisotopic (exact) mass is 262 g/mol. The van der Waals surface area contributed by atoms with Crippen molar-refractivity contribution in [2.75, 3.05) is 5.32 Å². The third kappa shape index (κ3) is 2.50. The van der Waals surface area contributed by atoms with Gasteiger partial charge in [-0.2, -0.15) is 0 Å². The van der Waals surface area contributed by atoms with E-state index >= 15 is 0 Å². The van der Waals surface area contributed by atoms with E-state index in [4.69, 9.17) is 0 Å². The van der Waals surface area contributed by atoms with Gasteiger partial charge in [-0.05, 0) is 37.1 Å². The van der Waals surface area contributed by atoms with Crippen molar-refractivity contribution in [3.63, 3.8) is 0 Å². The van der Waals surface area contributed by atoms with Gasteiger partial charge in [0.05, 0.1) is 5.52 Å². The fourth-order valence-electron chi connectivity index (χ4n) is 2.45. The van der Waals surface area contributed by atoms with E-state index < -0.39 is 0 Å². The second kappa shape index (κ2) is 5.33. The normalized spacial score (nSPS) is 10.7. The lowest BCUT2D eigenvalue weighted by molar-refractivity contribution is 1.12. The minimum absolute atomic E-state index is 0.833. The van der Waals surface area contributed by atoms with Crippen molar-refractivity contribution in [2.45, 2.75) is 20.4 Å². The van der Waals surface area contributed by atoms with Gasteiger partial charge in [0.1, 0.15) is 0 Å². The van der Waals surface area contributed by atoms with Crippen LogP contribution < -0.4 is 5.32 Å². The molecule has 0 saturated heterocycles. The quantitative estimate of drug-likeness (QED) is 0.753. The molecule has 0 amide bonds. The van der Waals surface area contributed by atoms with E-state index in [0.717, 1.165) is 23.4 Å². The Morgan fingerprint density at radius 3 is 2.55 bits per heavy atom. The first kappa shape index (κ1) is 12.7. The Hall–Kier alpha value is -2.35. The van der Waals surface area contributed by atoms with Gasteiger partial charge in [0.15, 0.2) is 0 Å². The number of rotatable bonds is 3. The van der Waals surface area contributed by atoms with Crippen LogP contribution in [0.4, 0.5) is 5.69 Å². The highest BCUT2D eigenvalue weighted by molar-refractivity contribution is 5.91. The number of para-hydroxylation sites is 1. The maximum absolute atomic E-state index is 4.57. The number of fused-ring (bicyclic) bond motifs is 1. The van der Waals surface area contributed by atoms with Gasteiger partial charge >= 0.3 is 0 Å². The largest absolute Gasteiger partial charge is 0.380 e. The third-order valence-electron chi connectivity index (χ3n) is 3.57. The van der Waals surface area contributed by atoms with Crippen molar-refractivity contribution in [3.05, 3.63) is 71.4 Å². The molecule has 20 heavy (non-hydrogen) atoms. The molecule has 0 bridgehead atoms. The van der Waals surface area contributed by atoms with E-state index in [0.29, 0.717) is 0 Å². The molecule has 0 aliphatic rings. The smallest absolute Gasteiger partial charge is 0.0725 e. The van der Waals surface area contributed by atoms with Gasteiger partial charge in [-0.25, -0.2) is 0 Å². The lowest BCUT2D eigenvalue weighted by Crippen LogP contribution is -2.02. The van der Waals surface area contributed by atoms with Crippen molar-refractivity contribution < 1.29 is 0 Å². The third-order valence-corrected chi connectivity index (χ3v) is 3.57. The summed E-state index contributed by atoms with van der Waals surface area (Å²) >= 11 is 0. The van der Waals surface area contributed by atoms with E-state index in [1.807, 2.05) is 13.0 Å². The van der Waals surface area contributed by atoms with Gasteiger partial charge in [0.25, 0.3) is 0 Å². The second-order valence-electron chi connectivity index (χ2n) is 5.11. The summed E-state index contributed by atoms with van der Waals surface area (Å²) in [6.45, 7) is 5.01. The number of aryl methyl sites for hydroxylation is 2.